The monoisotopic (exact) mass is 397 g/mol. The summed E-state index contributed by atoms with van der Waals surface area (Å²) < 4.78 is 38.6. The molecule has 0 spiro atoms. The van der Waals surface area contributed by atoms with Crippen molar-refractivity contribution in [1.82, 2.24) is 15.0 Å². The molecule has 0 aliphatic heterocycles. The number of H-pyrrole nitrogens is 1. The van der Waals surface area contributed by atoms with Crippen molar-refractivity contribution in [2.75, 3.05) is 17.2 Å². The van der Waals surface area contributed by atoms with E-state index in [1.165, 1.54) is 23.1 Å². The molecule has 29 heavy (non-hydrogen) atoms. The van der Waals surface area contributed by atoms with Gasteiger partial charge in [-0.3, -0.25) is 0 Å². The lowest BCUT2D eigenvalue weighted by Crippen LogP contribution is -2.08. The SMILES string of the molecule is FC(F)(F)c1cccc(Nc2nccc(NCCc3c[nH]c4ccccc34)n2)c1. The number of anilines is 3. The molecule has 2 aromatic carbocycles. The van der Waals surface area contributed by atoms with E-state index in [4.69, 9.17) is 0 Å². The number of benzene rings is 2. The summed E-state index contributed by atoms with van der Waals surface area (Å²) in [7, 11) is 0. The number of alkyl halides is 3. The van der Waals surface area contributed by atoms with E-state index in [0.29, 0.717) is 12.4 Å². The van der Waals surface area contributed by atoms with Gasteiger partial charge < -0.3 is 15.6 Å². The van der Waals surface area contributed by atoms with Gasteiger partial charge in [0.1, 0.15) is 5.82 Å². The normalized spacial score (nSPS) is 11.6. The lowest BCUT2D eigenvalue weighted by Gasteiger charge is -2.11. The number of rotatable bonds is 6. The first-order valence-electron chi connectivity index (χ1n) is 9.05. The molecule has 3 N–H and O–H groups in total. The molecule has 5 nitrogen and oxygen atoms in total. The molecule has 0 aliphatic rings. The van der Waals surface area contributed by atoms with Crippen molar-refractivity contribution >= 4 is 28.4 Å². The van der Waals surface area contributed by atoms with Gasteiger partial charge in [-0.2, -0.15) is 18.2 Å². The van der Waals surface area contributed by atoms with Gasteiger partial charge in [0.15, 0.2) is 0 Å². The number of halogens is 3. The van der Waals surface area contributed by atoms with Crippen LogP contribution in [0.1, 0.15) is 11.1 Å². The fourth-order valence-electron chi connectivity index (χ4n) is 3.08. The number of para-hydroxylation sites is 1. The van der Waals surface area contributed by atoms with Crippen molar-refractivity contribution in [3.05, 3.63) is 78.1 Å². The Balaban J connectivity index is 1.40. The summed E-state index contributed by atoms with van der Waals surface area (Å²) in [6, 6.07) is 14.7. The van der Waals surface area contributed by atoms with Gasteiger partial charge in [-0.05, 0) is 42.3 Å². The third-order valence-corrected chi connectivity index (χ3v) is 4.48. The summed E-state index contributed by atoms with van der Waals surface area (Å²) in [6.45, 7) is 0.655. The van der Waals surface area contributed by atoms with E-state index in [1.54, 1.807) is 12.3 Å². The van der Waals surface area contributed by atoms with Crippen LogP contribution in [0.15, 0.2) is 67.0 Å². The molecule has 0 fully saturated rings. The molecule has 0 aliphatic carbocycles. The van der Waals surface area contributed by atoms with E-state index >= 15 is 0 Å². The highest BCUT2D eigenvalue weighted by molar-refractivity contribution is 5.83. The van der Waals surface area contributed by atoms with Crippen molar-refractivity contribution in [1.29, 1.82) is 0 Å². The van der Waals surface area contributed by atoms with Gasteiger partial charge in [0, 0.05) is 35.5 Å². The Morgan fingerprint density at radius 3 is 2.72 bits per heavy atom. The minimum absolute atomic E-state index is 0.224. The van der Waals surface area contributed by atoms with Crippen molar-refractivity contribution in [3.8, 4) is 0 Å². The first kappa shape index (κ1) is 18.8. The van der Waals surface area contributed by atoms with E-state index in [9.17, 15) is 13.2 Å². The van der Waals surface area contributed by atoms with Gasteiger partial charge in [0.25, 0.3) is 0 Å². The molecule has 4 aromatic rings. The van der Waals surface area contributed by atoms with Crippen molar-refractivity contribution in [3.63, 3.8) is 0 Å². The van der Waals surface area contributed by atoms with Crippen LogP contribution in [0.4, 0.5) is 30.6 Å². The Hall–Kier alpha value is -3.55. The van der Waals surface area contributed by atoms with E-state index in [1.807, 2.05) is 24.4 Å². The van der Waals surface area contributed by atoms with Crippen LogP contribution in [-0.2, 0) is 12.6 Å². The van der Waals surface area contributed by atoms with Gasteiger partial charge in [-0.25, -0.2) is 4.98 Å². The number of nitrogens with zero attached hydrogens (tertiary/aromatic N) is 2. The molecule has 0 amide bonds. The highest BCUT2D eigenvalue weighted by Crippen LogP contribution is 2.31. The number of aromatic amines is 1. The molecular weight excluding hydrogens is 379 g/mol. The Labute approximate surface area is 165 Å². The zero-order chi connectivity index (χ0) is 20.3. The number of hydrogen-bond donors (Lipinski definition) is 3. The molecule has 0 saturated carbocycles. The first-order valence-corrected chi connectivity index (χ1v) is 9.05. The standard InChI is InChI=1S/C21H18F3N5/c22-21(23,24)15-4-3-5-16(12-15)28-20-26-11-9-19(29-20)25-10-8-14-13-27-18-7-2-1-6-17(14)18/h1-7,9,11-13,27H,8,10H2,(H2,25,26,28,29). The van der Waals surface area contributed by atoms with Gasteiger partial charge in [0.2, 0.25) is 5.95 Å². The average Bonchev–Trinajstić information content (AvgIpc) is 3.11. The van der Waals surface area contributed by atoms with Crippen LogP contribution < -0.4 is 10.6 Å². The lowest BCUT2D eigenvalue weighted by molar-refractivity contribution is -0.137. The molecule has 0 unspecified atom stereocenters. The molecule has 0 bridgehead atoms. The number of hydrogen-bond acceptors (Lipinski definition) is 4. The lowest BCUT2D eigenvalue weighted by atomic mass is 10.1. The highest BCUT2D eigenvalue weighted by Gasteiger charge is 2.30. The Kier molecular flexibility index (Phi) is 5.07. The zero-order valence-corrected chi connectivity index (χ0v) is 15.3. The molecule has 0 radical (unpaired) electrons. The van der Waals surface area contributed by atoms with Crippen LogP contribution in [0.3, 0.4) is 0 Å². The third-order valence-electron chi connectivity index (χ3n) is 4.48. The summed E-state index contributed by atoms with van der Waals surface area (Å²) in [4.78, 5) is 11.6. The Morgan fingerprint density at radius 2 is 1.86 bits per heavy atom. The van der Waals surface area contributed by atoms with E-state index < -0.39 is 11.7 Å². The second-order valence-electron chi connectivity index (χ2n) is 6.51. The third kappa shape index (κ3) is 4.48. The summed E-state index contributed by atoms with van der Waals surface area (Å²) in [5.41, 5.74) is 1.84. The number of nitrogens with one attached hydrogen (secondary N) is 3. The number of fused-ring (bicyclic) bond motifs is 1. The van der Waals surface area contributed by atoms with E-state index in [-0.39, 0.29) is 11.6 Å². The van der Waals surface area contributed by atoms with E-state index in [2.05, 4.69) is 31.7 Å². The van der Waals surface area contributed by atoms with E-state index in [0.717, 1.165) is 24.1 Å². The largest absolute Gasteiger partial charge is 0.416 e. The highest BCUT2D eigenvalue weighted by atomic mass is 19.4. The van der Waals surface area contributed by atoms with Crippen LogP contribution in [-0.4, -0.2) is 21.5 Å². The maximum Gasteiger partial charge on any atom is 0.416 e. The first-order chi connectivity index (χ1) is 14.0. The molecule has 8 heteroatoms. The van der Waals surface area contributed by atoms with Crippen LogP contribution in [0.2, 0.25) is 0 Å². The van der Waals surface area contributed by atoms with Crippen LogP contribution in [0, 0.1) is 0 Å². The Bertz CT molecular complexity index is 1120. The van der Waals surface area contributed by atoms with Gasteiger partial charge in [-0.15, -0.1) is 0 Å². The second kappa shape index (κ2) is 7.83. The van der Waals surface area contributed by atoms with Crippen molar-refractivity contribution in [2.24, 2.45) is 0 Å². The van der Waals surface area contributed by atoms with Gasteiger partial charge >= 0.3 is 6.18 Å². The molecular formula is C21H18F3N5. The summed E-state index contributed by atoms with van der Waals surface area (Å²) in [5.74, 6) is 0.815. The molecule has 4 rings (SSSR count). The summed E-state index contributed by atoms with van der Waals surface area (Å²) in [5, 5.41) is 7.23. The van der Waals surface area contributed by atoms with Crippen LogP contribution in [0.5, 0.6) is 0 Å². The van der Waals surface area contributed by atoms with Gasteiger partial charge in [-0.1, -0.05) is 24.3 Å². The molecule has 2 heterocycles. The summed E-state index contributed by atoms with van der Waals surface area (Å²) >= 11 is 0. The van der Waals surface area contributed by atoms with Crippen LogP contribution >= 0.6 is 0 Å². The minimum Gasteiger partial charge on any atom is -0.370 e. The predicted octanol–water partition coefficient (Wildman–Crippen LogP) is 5.37. The maximum absolute atomic E-state index is 12.9. The smallest absolute Gasteiger partial charge is 0.370 e. The molecule has 0 atom stereocenters. The summed E-state index contributed by atoms with van der Waals surface area (Å²) in [6.07, 6.45) is -0.0569. The molecule has 2 aromatic heterocycles. The maximum atomic E-state index is 12.9. The minimum atomic E-state index is -4.40. The quantitative estimate of drug-likeness (QED) is 0.409. The van der Waals surface area contributed by atoms with Crippen molar-refractivity contribution < 1.29 is 13.2 Å². The molecule has 0 saturated heterocycles. The van der Waals surface area contributed by atoms with Gasteiger partial charge in [0.05, 0.1) is 5.56 Å². The zero-order valence-electron chi connectivity index (χ0n) is 15.3. The number of aromatic nitrogens is 3. The van der Waals surface area contributed by atoms with Crippen molar-refractivity contribution in [2.45, 2.75) is 12.6 Å². The predicted molar refractivity (Wildman–Crippen MR) is 107 cm³/mol. The van der Waals surface area contributed by atoms with Crippen LogP contribution in [0.25, 0.3) is 10.9 Å². The fraction of sp³-hybridized carbons (Fsp3) is 0.143. The Morgan fingerprint density at radius 1 is 1.00 bits per heavy atom. The molecule has 148 valence electrons. The second-order valence-corrected chi connectivity index (χ2v) is 6.51. The fourth-order valence-corrected chi connectivity index (χ4v) is 3.08. The topological polar surface area (TPSA) is 65.6 Å². The average molecular weight is 397 g/mol.